The lowest BCUT2D eigenvalue weighted by Crippen LogP contribution is -2.30. The lowest BCUT2D eigenvalue weighted by atomic mass is 10.0. The number of rotatable bonds is 3. The molecule has 0 fully saturated rings. The molecule has 0 aliphatic heterocycles. The van der Waals surface area contributed by atoms with Crippen LogP contribution in [0.5, 0.6) is 0 Å². The number of hydrogen-bond donors (Lipinski definition) is 1. The van der Waals surface area contributed by atoms with E-state index in [4.69, 9.17) is 0 Å². The molecule has 1 rings (SSSR count). The van der Waals surface area contributed by atoms with Crippen LogP contribution in [0.15, 0.2) is 12.3 Å². The van der Waals surface area contributed by atoms with Gasteiger partial charge in [0, 0.05) is 11.7 Å². The highest BCUT2D eigenvalue weighted by atomic mass is 19.4. The van der Waals surface area contributed by atoms with Gasteiger partial charge >= 0.3 is 6.18 Å². The standard InChI is InChI=1S/C10H14F3N3/c1-4-9(2,3)16-7-5-6-14-8(15-7)10(11,12)13/h5-6H,4H2,1-3H3,(H,14,15,16). The summed E-state index contributed by atoms with van der Waals surface area (Å²) in [6.07, 6.45) is -2.63. The maximum Gasteiger partial charge on any atom is 0.451 e. The average molecular weight is 233 g/mol. The number of hydrogen-bond acceptors (Lipinski definition) is 3. The lowest BCUT2D eigenvalue weighted by Gasteiger charge is -2.25. The summed E-state index contributed by atoms with van der Waals surface area (Å²) in [5.74, 6) is -0.932. The van der Waals surface area contributed by atoms with Gasteiger partial charge in [0.05, 0.1) is 0 Å². The van der Waals surface area contributed by atoms with Crippen molar-refractivity contribution in [1.29, 1.82) is 0 Å². The number of nitrogens with zero attached hydrogens (tertiary/aromatic N) is 2. The van der Waals surface area contributed by atoms with E-state index in [1.165, 1.54) is 6.07 Å². The first-order chi connectivity index (χ1) is 7.24. The molecule has 16 heavy (non-hydrogen) atoms. The molecule has 3 nitrogen and oxygen atoms in total. The SMILES string of the molecule is CCC(C)(C)Nc1ccnc(C(F)(F)F)n1. The first-order valence-corrected chi connectivity index (χ1v) is 4.93. The normalized spacial score (nSPS) is 12.6. The van der Waals surface area contributed by atoms with E-state index in [-0.39, 0.29) is 11.4 Å². The van der Waals surface area contributed by atoms with Crippen LogP contribution in [0, 0.1) is 0 Å². The largest absolute Gasteiger partial charge is 0.451 e. The molecule has 1 aromatic rings. The van der Waals surface area contributed by atoms with Gasteiger partial charge in [0.1, 0.15) is 5.82 Å². The number of alkyl halides is 3. The molecule has 0 aliphatic rings. The summed E-state index contributed by atoms with van der Waals surface area (Å²) in [5.41, 5.74) is -0.294. The Morgan fingerprint density at radius 2 is 1.94 bits per heavy atom. The Morgan fingerprint density at radius 3 is 2.44 bits per heavy atom. The maximum absolute atomic E-state index is 12.3. The van der Waals surface area contributed by atoms with E-state index in [1.54, 1.807) is 0 Å². The van der Waals surface area contributed by atoms with Crippen LogP contribution in [0.4, 0.5) is 19.0 Å². The topological polar surface area (TPSA) is 37.8 Å². The third kappa shape index (κ3) is 3.36. The van der Waals surface area contributed by atoms with Crippen molar-refractivity contribution in [3.63, 3.8) is 0 Å². The van der Waals surface area contributed by atoms with Crippen molar-refractivity contribution >= 4 is 5.82 Å². The van der Waals surface area contributed by atoms with Crippen LogP contribution in [-0.4, -0.2) is 15.5 Å². The monoisotopic (exact) mass is 233 g/mol. The lowest BCUT2D eigenvalue weighted by molar-refractivity contribution is -0.144. The van der Waals surface area contributed by atoms with Gasteiger partial charge in [-0.05, 0) is 26.3 Å². The van der Waals surface area contributed by atoms with Gasteiger partial charge in [0.25, 0.3) is 0 Å². The minimum Gasteiger partial charge on any atom is -0.365 e. The van der Waals surface area contributed by atoms with Gasteiger partial charge in [0.15, 0.2) is 0 Å². The molecule has 0 bridgehead atoms. The Morgan fingerprint density at radius 1 is 1.31 bits per heavy atom. The van der Waals surface area contributed by atoms with E-state index in [2.05, 4.69) is 15.3 Å². The molecule has 0 saturated carbocycles. The van der Waals surface area contributed by atoms with E-state index < -0.39 is 12.0 Å². The summed E-state index contributed by atoms with van der Waals surface area (Å²) < 4.78 is 37.0. The van der Waals surface area contributed by atoms with E-state index in [9.17, 15) is 13.2 Å². The van der Waals surface area contributed by atoms with Crippen molar-refractivity contribution in [2.45, 2.75) is 38.9 Å². The Hall–Kier alpha value is -1.33. The third-order valence-electron chi connectivity index (χ3n) is 2.26. The highest BCUT2D eigenvalue weighted by Gasteiger charge is 2.34. The predicted molar refractivity (Wildman–Crippen MR) is 55.0 cm³/mol. The van der Waals surface area contributed by atoms with E-state index in [0.29, 0.717) is 0 Å². The summed E-state index contributed by atoms with van der Waals surface area (Å²) in [4.78, 5) is 6.62. The molecular weight excluding hydrogens is 219 g/mol. The van der Waals surface area contributed by atoms with Gasteiger partial charge in [-0.15, -0.1) is 0 Å². The minimum atomic E-state index is -4.51. The van der Waals surface area contributed by atoms with Crippen LogP contribution in [0.2, 0.25) is 0 Å². The minimum absolute atomic E-state index is 0.189. The highest BCUT2D eigenvalue weighted by molar-refractivity contribution is 5.36. The van der Waals surface area contributed by atoms with Crippen molar-refractivity contribution < 1.29 is 13.2 Å². The fraction of sp³-hybridized carbons (Fsp3) is 0.600. The fourth-order valence-electron chi connectivity index (χ4n) is 1.000. The summed E-state index contributed by atoms with van der Waals surface area (Å²) in [5, 5.41) is 2.93. The molecule has 0 unspecified atom stereocenters. The van der Waals surface area contributed by atoms with Crippen LogP contribution in [0.25, 0.3) is 0 Å². The molecule has 1 heterocycles. The molecule has 0 aromatic carbocycles. The summed E-state index contributed by atoms with van der Waals surface area (Å²) in [6.45, 7) is 5.73. The molecule has 0 radical (unpaired) electrons. The first kappa shape index (κ1) is 12.7. The van der Waals surface area contributed by atoms with Gasteiger partial charge in [-0.1, -0.05) is 6.92 Å². The second-order valence-corrected chi connectivity index (χ2v) is 4.13. The molecule has 0 atom stereocenters. The van der Waals surface area contributed by atoms with Crippen molar-refractivity contribution in [3.8, 4) is 0 Å². The van der Waals surface area contributed by atoms with Crippen molar-refractivity contribution in [2.75, 3.05) is 5.32 Å². The van der Waals surface area contributed by atoms with Gasteiger partial charge in [-0.2, -0.15) is 13.2 Å². The number of halogens is 3. The zero-order valence-corrected chi connectivity index (χ0v) is 9.39. The van der Waals surface area contributed by atoms with Gasteiger partial charge < -0.3 is 5.32 Å². The molecule has 0 amide bonds. The van der Waals surface area contributed by atoms with Crippen LogP contribution in [0.3, 0.4) is 0 Å². The molecule has 0 spiro atoms. The molecular formula is C10H14F3N3. The Balaban J connectivity index is 2.92. The highest BCUT2D eigenvalue weighted by Crippen LogP contribution is 2.27. The maximum atomic E-state index is 12.3. The smallest absolute Gasteiger partial charge is 0.365 e. The second-order valence-electron chi connectivity index (χ2n) is 4.13. The second kappa shape index (κ2) is 4.27. The Kier molecular flexibility index (Phi) is 3.40. The summed E-state index contributed by atoms with van der Waals surface area (Å²) in [7, 11) is 0. The molecule has 0 saturated heterocycles. The third-order valence-corrected chi connectivity index (χ3v) is 2.26. The predicted octanol–water partition coefficient (Wildman–Crippen LogP) is 3.10. The Bertz CT molecular complexity index is 361. The Labute approximate surface area is 92.1 Å². The van der Waals surface area contributed by atoms with E-state index >= 15 is 0 Å². The number of nitrogens with one attached hydrogen (secondary N) is 1. The van der Waals surface area contributed by atoms with Gasteiger partial charge in [-0.25, -0.2) is 9.97 Å². The van der Waals surface area contributed by atoms with E-state index in [0.717, 1.165) is 12.6 Å². The quantitative estimate of drug-likeness (QED) is 0.871. The van der Waals surface area contributed by atoms with Crippen LogP contribution >= 0.6 is 0 Å². The molecule has 90 valence electrons. The van der Waals surface area contributed by atoms with Crippen molar-refractivity contribution in [3.05, 3.63) is 18.1 Å². The van der Waals surface area contributed by atoms with Crippen LogP contribution in [-0.2, 0) is 6.18 Å². The number of aromatic nitrogens is 2. The molecule has 0 aliphatic carbocycles. The summed E-state index contributed by atoms with van der Waals surface area (Å²) in [6, 6.07) is 1.42. The average Bonchev–Trinajstić information content (AvgIpc) is 2.16. The van der Waals surface area contributed by atoms with Gasteiger partial charge in [0.2, 0.25) is 5.82 Å². The van der Waals surface area contributed by atoms with Crippen molar-refractivity contribution in [2.24, 2.45) is 0 Å². The first-order valence-electron chi connectivity index (χ1n) is 4.93. The molecule has 6 heteroatoms. The number of anilines is 1. The van der Waals surface area contributed by atoms with E-state index in [1.807, 2.05) is 20.8 Å². The zero-order chi connectivity index (χ0) is 12.4. The van der Waals surface area contributed by atoms with Gasteiger partial charge in [-0.3, -0.25) is 0 Å². The zero-order valence-electron chi connectivity index (χ0n) is 9.39. The van der Waals surface area contributed by atoms with Crippen LogP contribution < -0.4 is 5.32 Å². The summed E-state index contributed by atoms with van der Waals surface area (Å²) >= 11 is 0. The molecule has 1 aromatic heterocycles. The van der Waals surface area contributed by atoms with Crippen LogP contribution in [0.1, 0.15) is 33.0 Å². The van der Waals surface area contributed by atoms with Crippen molar-refractivity contribution in [1.82, 2.24) is 9.97 Å². The fourth-order valence-corrected chi connectivity index (χ4v) is 1.000. The molecule has 1 N–H and O–H groups in total.